The molecule has 1 amide bonds. The first-order chi connectivity index (χ1) is 11.6. The van der Waals surface area contributed by atoms with Gasteiger partial charge in [0, 0.05) is 25.7 Å². The van der Waals surface area contributed by atoms with Crippen molar-refractivity contribution in [3.8, 4) is 0 Å². The number of fused-ring (bicyclic) bond motifs is 1. The van der Waals surface area contributed by atoms with Crippen molar-refractivity contribution < 1.29 is 4.79 Å². The van der Waals surface area contributed by atoms with E-state index in [1.165, 1.54) is 24.0 Å². The zero-order valence-electron chi connectivity index (χ0n) is 14.1. The summed E-state index contributed by atoms with van der Waals surface area (Å²) in [7, 11) is 0. The smallest absolute Gasteiger partial charge is 0.221 e. The van der Waals surface area contributed by atoms with Crippen molar-refractivity contribution in [3.63, 3.8) is 0 Å². The summed E-state index contributed by atoms with van der Waals surface area (Å²) >= 11 is 0. The highest BCUT2D eigenvalue weighted by molar-refractivity contribution is 5.89. The van der Waals surface area contributed by atoms with Crippen molar-refractivity contribution in [2.75, 3.05) is 11.9 Å². The van der Waals surface area contributed by atoms with Crippen molar-refractivity contribution in [3.05, 3.63) is 35.2 Å². The SMILES string of the molecule is CC(=O)Nc1cccc2c1CCN(C(C)c1nnnn1C1CC1)C2. The molecule has 2 aromatic rings. The first kappa shape index (κ1) is 15.3. The maximum atomic E-state index is 11.4. The van der Waals surface area contributed by atoms with E-state index < -0.39 is 0 Å². The Morgan fingerprint density at radius 2 is 2.21 bits per heavy atom. The van der Waals surface area contributed by atoms with Crippen LogP contribution in [0.25, 0.3) is 0 Å². The van der Waals surface area contributed by atoms with Gasteiger partial charge in [-0.05, 0) is 53.8 Å². The van der Waals surface area contributed by atoms with Crippen molar-refractivity contribution in [2.45, 2.75) is 51.7 Å². The lowest BCUT2D eigenvalue weighted by atomic mass is 9.96. The molecule has 4 rings (SSSR count). The van der Waals surface area contributed by atoms with Crippen LogP contribution < -0.4 is 5.32 Å². The van der Waals surface area contributed by atoms with Gasteiger partial charge in [-0.15, -0.1) is 5.10 Å². The van der Waals surface area contributed by atoms with Crippen LogP contribution in [0, 0.1) is 0 Å². The van der Waals surface area contributed by atoms with E-state index in [1.807, 2.05) is 16.8 Å². The van der Waals surface area contributed by atoms with Crippen LogP contribution in [0.15, 0.2) is 18.2 Å². The molecule has 24 heavy (non-hydrogen) atoms. The van der Waals surface area contributed by atoms with Gasteiger partial charge in [-0.2, -0.15) is 0 Å². The Morgan fingerprint density at radius 3 is 2.96 bits per heavy atom. The Kier molecular flexibility index (Phi) is 3.80. The summed E-state index contributed by atoms with van der Waals surface area (Å²) in [5.41, 5.74) is 3.46. The summed E-state index contributed by atoms with van der Waals surface area (Å²) in [5.74, 6) is 0.932. The molecule has 1 aliphatic heterocycles. The lowest BCUT2D eigenvalue weighted by Crippen LogP contribution is -2.34. The molecule has 1 aromatic carbocycles. The topological polar surface area (TPSA) is 75.9 Å². The monoisotopic (exact) mass is 326 g/mol. The number of carbonyl (C=O) groups excluding carboxylic acids is 1. The molecule has 1 saturated carbocycles. The highest BCUT2D eigenvalue weighted by atomic mass is 16.1. The fourth-order valence-corrected chi connectivity index (χ4v) is 3.49. The van der Waals surface area contributed by atoms with Crippen LogP contribution in [-0.4, -0.2) is 37.6 Å². The second-order valence-electron chi connectivity index (χ2n) is 6.73. The van der Waals surface area contributed by atoms with E-state index in [9.17, 15) is 4.79 Å². The first-order valence-corrected chi connectivity index (χ1v) is 8.53. The van der Waals surface area contributed by atoms with E-state index in [0.717, 1.165) is 31.0 Å². The largest absolute Gasteiger partial charge is 0.326 e. The summed E-state index contributed by atoms with van der Waals surface area (Å²) in [6, 6.07) is 6.79. The molecule has 1 aliphatic carbocycles. The summed E-state index contributed by atoms with van der Waals surface area (Å²) in [6.07, 6.45) is 3.27. The Labute approximate surface area is 141 Å². The van der Waals surface area contributed by atoms with Crippen LogP contribution in [0.1, 0.15) is 55.7 Å². The standard InChI is InChI=1S/C17H22N6O/c1-11(17-19-20-21-23(17)14-6-7-14)22-9-8-15-13(10-22)4-3-5-16(15)18-12(2)24/h3-5,11,14H,6-10H2,1-2H3,(H,18,24). The average molecular weight is 326 g/mol. The first-order valence-electron chi connectivity index (χ1n) is 8.53. The fourth-order valence-electron chi connectivity index (χ4n) is 3.49. The Balaban J connectivity index is 1.55. The van der Waals surface area contributed by atoms with Gasteiger partial charge in [-0.3, -0.25) is 9.69 Å². The van der Waals surface area contributed by atoms with Gasteiger partial charge in [-0.1, -0.05) is 12.1 Å². The number of hydrogen-bond donors (Lipinski definition) is 1. The molecule has 0 bridgehead atoms. The molecule has 7 heteroatoms. The molecule has 1 aromatic heterocycles. The molecule has 1 atom stereocenters. The third-order valence-corrected chi connectivity index (χ3v) is 4.94. The number of amides is 1. The predicted molar refractivity (Wildman–Crippen MR) is 89.4 cm³/mol. The fraction of sp³-hybridized carbons (Fsp3) is 0.529. The van der Waals surface area contributed by atoms with Crippen LogP contribution in [-0.2, 0) is 17.8 Å². The minimum atomic E-state index is -0.0252. The number of tetrazole rings is 1. The van der Waals surface area contributed by atoms with Gasteiger partial charge in [0.15, 0.2) is 5.82 Å². The van der Waals surface area contributed by atoms with E-state index >= 15 is 0 Å². The van der Waals surface area contributed by atoms with E-state index in [1.54, 1.807) is 6.92 Å². The molecule has 0 saturated heterocycles. The zero-order valence-corrected chi connectivity index (χ0v) is 14.1. The predicted octanol–water partition coefficient (Wildman–Crippen LogP) is 2.09. The van der Waals surface area contributed by atoms with Gasteiger partial charge in [0.2, 0.25) is 5.91 Å². The molecule has 126 valence electrons. The maximum Gasteiger partial charge on any atom is 0.221 e. The van der Waals surface area contributed by atoms with Crippen molar-refractivity contribution in [2.24, 2.45) is 0 Å². The molecule has 1 N–H and O–H groups in total. The number of nitrogens with one attached hydrogen (secondary N) is 1. The summed E-state index contributed by atoms with van der Waals surface area (Å²) in [5, 5.41) is 15.3. The van der Waals surface area contributed by atoms with Gasteiger partial charge >= 0.3 is 0 Å². The van der Waals surface area contributed by atoms with E-state index in [0.29, 0.717) is 6.04 Å². The average Bonchev–Trinajstić information content (AvgIpc) is 3.30. The lowest BCUT2D eigenvalue weighted by Gasteiger charge is -2.33. The number of benzene rings is 1. The van der Waals surface area contributed by atoms with E-state index in [2.05, 4.69) is 38.7 Å². The summed E-state index contributed by atoms with van der Waals surface area (Å²) in [4.78, 5) is 13.8. The molecule has 2 aliphatic rings. The number of nitrogens with zero attached hydrogens (tertiary/aromatic N) is 5. The number of anilines is 1. The minimum absolute atomic E-state index is 0.0252. The number of carbonyl (C=O) groups is 1. The second kappa shape index (κ2) is 5.98. The summed E-state index contributed by atoms with van der Waals surface area (Å²) < 4.78 is 1.99. The quantitative estimate of drug-likeness (QED) is 0.931. The van der Waals surface area contributed by atoms with Gasteiger partial charge in [0.25, 0.3) is 0 Å². The van der Waals surface area contributed by atoms with Gasteiger partial charge in [0.1, 0.15) is 0 Å². The van der Waals surface area contributed by atoms with Crippen molar-refractivity contribution in [1.82, 2.24) is 25.1 Å². The molecule has 1 unspecified atom stereocenters. The Bertz CT molecular complexity index is 766. The highest BCUT2D eigenvalue weighted by Gasteiger charge is 2.32. The van der Waals surface area contributed by atoms with E-state index in [-0.39, 0.29) is 11.9 Å². The molecular weight excluding hydrogens is 304 g/mol. The molecule has 7 nitrogen and oxygen atoms in total. The zero-order chi connectivity index (χ0) is 16.7. The molecule has 1 fully saturated rings. The molecule has 0 spiro atoms. The molecule has 0 radical (unpaired) electrons. The third kappa shape index (κ3) is 2.80. The van der Waals surface area contributed by atoms with Gasteiger partial charge in [0.05, 0.1) is 12.1 Å². The van der Waals surface area contributed by atoms with Gasteiger partial charge < -0.3 is 5.32 Å². The molecular formula is C17H22N6O. The van der Waals surface area contributed by atoms with Crippen LogP contribution in [0.2, 0.25) is 0 Å². The normalized spacial score (nSPS) is 18.9. The van der Waals surface area contributed by atoms with Crippen molar-refractivity contribution >= 4 is 11.6 Å². The lowest BCUT2D eigenvalue weighted by molar-refractivity contribution is -0.114. The van der Waals surface area contributed by atoms with Gasteiger partial charge in [-0.25, -0.2) is 4.68 Å². The Hall–Kier alpha value is -2.28. The number of aromatic nitrogens is 4. The molecule has 2 heterocycles. The van der Waals surface area contributed by atoms with Crippen LogP contribution in [0.3, 0.4) is 0 Å². The summed E-state index contributed by atoms with van der Waals surface area (Å²) in [6.45, 7) is 5.51. The van der Waals surface area contributed by atoms with Crippen LogP contribution >= 0.6 is 0 Å². The van der Waals surface area contributed by atoms with Crippen LogP contribution in [0.4, 0.5) is 5.69 Å². The minimum Gasteiger partial charge on any atom is -0.326 e. The maximum absolute atomic E-state index is 11.4. The van der Waals surface area contributed by atoms with Crippen molar-refractivity contribution in [1.29, 1.82) is 0 Å². The highest BCUT2D eigenvalue weighted by Crippen LogP contribution is 2.37. The second-order valence-corrected chi connectivity index (χ2v) is 6.73. The third-order valence-electron chi connectivity index (χ3n) is 4.94. The number of hydrogen-bond acceptors (Lipinski definition) is 5. The van der Waals surface area contributed by atoms with E-state index in [4.69, 9.17) is 0 Å². The Morgan fingerprint density at radius 1 is 1.38 bits per heavy atom. The van der Waals surface area contributed by atoms with Crippen LogP contribution in [0.5, 0.6) is 0 Å². The number of rotatable bonds is 4.